The van der Waals surface area contributed by atoms with Crippen molar-refractivity contribution in [2.75, 3.05) is 5.32 Å². The number of hydrogen-bond donors (Lipinski definition) is 1. The zero-order chi connectivity index (χ0) is 13.8. The van der Waals surface area contributed by atoms with E-state index in [2.05, 4.69) is 27.9 Å². The molecule has 0 radical (unpaired) electrons. The lowest BCUT2D eigenvalue weighted by Gasteiger charge is -2.08. The van der Waals surface area contributed by atoms with Crippen LogP contribution in [0.5, 0.6) is 0 Å². The van der Waals surface area contributed by atoms with E-state index in [0.29, 0.717) is 16.8 Å². The molecule has 0 heterocycles. The average molecular weight is 365 g/mol. The van der Waals surface area contributed by atoms with Crippen molar-refractivity contribution < 1.29 is 9.59 Å². The number of ketones is 1. The number of nitrogens with one attached hydrogen (secondary N) is 1. The van der Waals surface area contributed by atoms with E-state index in [4.69, 9.17) is 0 Å². The zero-order valence-corrected chi connectivity index (χ0v) is 12.5. The molecule has 0 saturated carbocycles. The second kappa shape index (κ2) is 5.97. The van der Waals surface area contributed by atoms with Crippen LogP contribution in [0.4, 0.5) is 5.69 Å². The van der Waals surface area contributed by atoms with Crippen molar-refractivity contribution in [1.82, 2.24) is 0 Å². The van der Waals surface area contributed by atoms with Crippen LogP contribution in [0.3, 0.4) is 0 Å². The van der Waals surface area contributed by atoms with E-state index >= 15 is 0 Å². The third-order valence-electron chi connectivity index (χ3n) is 2.58. The number of carbonyl (C=O) groups is 2. The third-order valence-corrected chi connectivity index (χ3v) is 3.52. The molecule has 4 heteroatoms. The van der Waals surface area contributed by atoms with E-state index in [1.807, 2.05) is 24.3 Å². The highest BCUT2D eigenvalue weighted by Gasteiger charge is 2.11. The Morgan fingerprint density at radius 2 is 1.68 bits per heavy atom. The normalized spacial score (nSPS) is 10.0. The van der Waals surface area contributed by atoms with Gasteiger partial charge in [-0.1, -0.05) is 30.3 Å². The highest BCUT2D eigenvalue weighted by atomic mass is 127. The summed E-state index contributed by atoms with van der Waals surface area (Å²) in [5.41, 5.74) is 1.86. The summed E-state index contributed by atoms with van der Waals surface area (Å²) in [7, 11) is 0. The highest BCUT2D eigenvalue weighted by Crippen LogP contribution is 2.21. The van der Waals surface area contributed by atoms with Crippen LogP contribution < -0.4 is 5.32 Å². The lowest BCUT2D eigenvalue weighted by molar-refractivity contribution is -0.114. The summed E-state index contributed by atoms with van der Waals surface area (Å²) < 4.78 is 0.900. The van der Waals surface area contributed by atoms with Crippen LogP contribution in [0, 0.1) is 3.57 Å². The van der Waals surface area contributed by atoms with Crippen LogP contribution in [-0.2, 0) is 4.79 Å². The van der Waals surface area contributed by atoms with Gasteiger partial charge in [-0.05, 0) is 40.8 Å². The number of anilines is 1. The predicted molar refractivity (Wildman–Crippen MR) is 83.3 cm³/mol. The van der Waals surface area contributed by atoms with Crippen LogP contribution in [0.1, 0.15) is 22.8 Å². The summed E-state index contributed by atoms with van der Waals surface area (Å²) in [5, 5.41) is 2.72. The number of amides is 1. The van der Waals surface area contributed by atoms with Gasteiger partial charge in [0.1, 0.15) is 0 Å². The summed E-state index contributed by atoms with van der Waals surface area (Å²) in [6, 6.07) is 14.4. The minimum atomic E-state index is -0.151. The third kappa shape index (κ3) is 3.41. The van der Waals surface area contributed by atoms with Gasteiger partial charge in [0.25, 0.3) is 0 Å². The Morgan fingerprint density at radius 1 is 1.00 bits per heavy atom. The fourth-order valence-corrected chi connectivity index (χ4v) is 2.18. The van der Waals surface area contributed by atoms with Gasteiger partial charge in [0.15, 0.2) is 5.78 Å². The Labute approximate surface area is 125 Å². The number of hydrogen-bond acceptors (Lipinski definition) is 2. The number of halogens is 1. The number of benzene rings is 2. The molecule has 0 saturated heterocycles. The van der Waals surface area contributed by atoms with E-state index < -0.39 is 0 Å². The van der Waals surface area contributed by atoms with Gasteiger partial charge >= 0.3 is 0 Å². The molecule has 2 aromatic carbocycles. The zero-order valence-electron chi connectivity index (χ0n) is 10.3. The Morgan fingerprint density at radius 3 is 2.32 bits per heavy atom. The van der Waals surface area contributed by atoms with Crippen LogP contribution in [0.2, 0.25) is 0 Å². The molecule has 0 unspecified atom stereocenters. The molecule has 3 nitrogen and oxygen atoms in total. The fraction of sp³-hybridized carbons (Fsp3) is 0.0667. The van der Waals surface area contributed by atoms with Gasteiger partial charge in [-0.3, -0.25) is 9.59 Å². The average Bonchev–Trinajstić information content (AvgIpc) is 2.41. The highest BCUT2D eigenvalue weighted by molar-refractivity contribution is 14.1. The standard InChI is InChI=1S/C15H12INO2/c1-10(18)17-14-9-12(7-8-13(14)16)15(19)11-5-3-2-4-6-11/h2-9H,1H3,(H,17,18). The molecule has 0 aliphatic rings. The van der Waals surface area contributed by atoms with Gasteiger partial charge in [-0.25, -0.2) is 0 Å². The second-order valence-electron chi connectivity index (χ2n) is 4.07. The molecule has 19 heavy (non-hydrogen) atoms. The summed E-state index contributed by atoms with van der Waals surface area (Å²) in [5.74, 6) is -0.203. The van der Waals surface area contributed by atoms with Gasteiger partial charge in [0, 0.05) is 21.6 Å². The molecule has 0 aromatic heterocycles. The maximum Gasteiger partial charge on any atom is 0.221 e. The fourth-order valence-electron chi connectivity index (χ4n) is 1.71. The molecule has 2 rings (SSSR count). The quantitative estimate of drug-likeness (QED) is 0.669. The first-order valence-electron chi connectivity index (χ1n) is 5.75. The first kappa shape index (κ1) is 13.7. The molecule has 0 spiro atoms. The monoisotopic (exact) mass is 365 g/mol. The molecule has 1 N–H and O–H groups in total. The molecule has 0 aliphatic carbocycles. The molecular weight excluding hydrogens is 353 g/mol. The van der Waals surface area contributed by atoms with Crippen molar-refractivity contribution in [3.8, 4) is 0 Å². The van der Waals surface area contributed by atoms with Crippen LogP contribution in [0.15, 0.2) is 48.5 Å². The van der Waals surface area contributed by atoms with Gasteiger partial charge in [-0.15, -0.1) is 0 Å². The Kier molecular flexibility index (Phi) is 4.31. The van der Waals surface area contributed by atoms with E-state index in [0.717, 1.165) is 3.57 Å². The van der Waals surface area contributed by atoms with Gasteiger partial charge in [-0.2, -0.15) is 0 Å². The Hall–Kier alpha value is -1.69. The summed E-state index contributed by atoms with van der Waals surface area (Å²) in [4.78, 5) is 23.4. The maximum atomic E-state index is 12.3. The van der Waals surface area contributed by atoms with Crippen molar-refractivity contribution in [2.45, 2.75) is 6.92 Å². The molecule has 2 aromatic rings. The van der Waals surface area contributed by atoms with E-state index in [9.17, 15) is 9.59 Å². The minimum Gasteiger partial charge on any atom is -0.325 e. The van der Waals surface area contributed by atoms with Crippen LogP contribution in [0.25, 0.3) is 0 Å². The van der Waals surface area contributed by atoms with Crippen molar-refractivity contribution in [3.63, 3.8) is 0 Å². The molecule has 96 valence electrons. The SMILES string of the molecule is CC(=O)Nc1cc(C(=O)c2ccccc2)ccc1I. The first-order valence-corrected chi connectivity index (χ1v) is 6.82. The van der Waals surface area contributed by atoms with Crippen molar-refractivity contribution in [2.24, 2.45) is 0 Å². The Balaban J connectivity index is 2.36. The van der Waals surface area contributed by atoms with Crippen LogP contribution >= 0.6 is 22.6 Å². The van der Waals surface area contributed by atoms with Crippen molar-refractivity contribution in [3.05, 3.63) is 63.2 Å². The van der Waals surface area contributed by atoms with Crippen molar-refractivity contribution in [1.29, 1.82) is 0 Å². The number of carbonyl (C=O) groups excluding carboxylic acids is 2. The van der Waals surface area contributed by atoms with E-state index in [1.165, 1.54) is 6.92 Å². The second-order valence-corrected chi connectivity index (χ2v) is 5.23. The van der Waals surface area contributed by atoms with Crippen molar-refractivity contribution >= 4 is 40.0 Å². The lowest BCUT2D eigenvalue weighted by atomic mass is 10.0. The van der Waals surface area contributed by atoms with Crippen LogP contribution in [-0.4, -0.2) is 11.7 Å². The minimum absolute atomic E-state index is 0.0522. The summed E-state index contributed by atoms with van der Waals surface area (Å²) in [6.07, 6.45) is 0. The van der Waals surface area contributed by atoms with Gasteiger partial charge < -0.3 is 5.32 Å². The molecular formula is C15H12INO2. The van der Waals surface area contributed by atoms with E-state index in [1.54, 1.807) is 24.3 Å². The molecule has 0 bridgehead atoms. The summed E-state index contributed by atoms with van der Waals surface area (Å²) in [6.45, 7) is 1.45. The van der Waals surface area contributed by atoms with E-state index in [-0.39, 0.29) is 11.7 Å². The largest absolute Gasteiger partial charge is 0.325 e. The molecule has 0 fully saturated rings. The summed E-state index contributed by atoms with van der Waals surface area (Å²) >= 11 is 2.12. The molecule has 0 aliphatic heterocycles. The number of rotatable bonds is 3. The van der Waals surface area contributed by atoms with Gasteiger partial charge in [0.05, 0.1) is 5.69 Å². The molecule has 1 amide bonds. The maximum absolute atomic E-state index is 12.3. The van der Waals surface area contributed by atoms with Gasteiger partial charge in [0.2, 0.25) is 5.91 Å². The first-order chi connectivity index (χ1) is 9.08. The lowest BCUT2D eigenvalue weighted by Crippen LogP contribution is -2.09. The topological polar surface area (TPSA) is 46.2 Å². The predicted octanol–water partition coefficient (Wildman–Crippen LogP) is 3.48. The smallest absolute Gasteiger partial charge is 0.221 e. The Bertz CT molecular complexity index is 623. The molecule has 0 atom stereocenters.